The van der Waals surface area contributed by atoms with E-state index in [2.05, 4.69) is 15.6 Å². The van der Waals surface area contributed by atoms with Crippen molar-refractivity contribution in [3.8, 4) is 0 Å². The molecule has 0 radical (unpaired) electrons. The zero-order valence-electron chi connectivity index (χ0n) is 14.2. The van der Waals surface area contributed by atoms with Gasteiger partial charge >= 0.3 is 0 Å². The molecule has 1 aromatic carbocycles. The lowest BCUT2D eigenvalue weighted by Crippen LogP contribution is -2.27. The van der Waals surface area contributed by atoms with Crippen LogP contribution in [0.1, 0.15) is 5.56 Å². The van der Waals surface area contributed by atoms with Gasteiger partial charge in [-0.05, 0) is 12.1 Å². The maximum atomic E-state index is 14.0. The second-order valence-corrected chi connectivity index (χ2v) is 5.81. The van der Waals surface area contributed by atoms with Crippen LogP contribution in [-0.4, -0.2) is 29.4 Å². The van der Waals surface area contributed by atoms with Crippen LogP contribution < -0.4 is 21.9 Å². The van der Waals surface area contributed by atoms with E-state index in [-0.39, 0.29) is 28.4 Å². The predicted molar refractivity (Wildman–Crippen MR) is 103 cm³/mol. The highest BCUT2D eigenvalue weighted by molar-refractivity contribution is 6.35. The summed E-state index contributed by atoms with van der Waals surface area (Å²) in [5.41, 5.74) is 2.50. The number of H-pyrrole nitrogens is 1. The van der Waals surface area contributed by atoms with Crippen molar-refractivity contribution in [1.82, 2.24) is 10.3 Å². The number of halogens is 3. The van der Waals surface area contributed by atoms with Gasteiger partial charge in [0.15, 0.2) is 0 Å². The van der Waals surface area contributed by atoms with Crippen molar-refractivity contribution in [3.05, 3.63) is 68.7 Å². The number of anilines is 2. The SMILES string of the molecule is N=C/C(=C\NCC(N)=O)C(=N)c1c(Nc2c(F)cccc2F)c(Cl)c[nH]c1=O. The molecule has 1 heterocycles. The Morgan fingerprint density at radius 3 is 2.50 bits per heavy atom. The molecule has 1 amide bonds. The van der Waals surface area contributed by atoms with Gasteiger partial charge in [-0.3, -0.25) is 15.0 Å². The number of hydrogen-bond donors (Lipinski definition) is 6. The van der Waals surface area contributed by atoms with Crippen molar-refractivity contribution in [3.63, 3.8) is 0 Å². The van der Waals surface area contributed by atoms with E-state index < -0.39 is 34.5 Å². The van der Waals surface area contributed by atoms with Gasteiger partial charge in [0, 0.05) is 24.2 Å². The molecule has 1 aromatic heterocycles. The van der Waals surface area contributed by atoms with Crippen molar-refractivity contribution in [1.29, 1.82) is 10.8 Å². The molecule has 0 bridgehead atoms. The second-order valence-electron chi connectivity index (χ2n) is 5.40. The van der Waals surface area contributed by atoms with E-state index in [0.717, 1.165) is 30.7 Å². The quantitative estimate of drug-likeness (QED) is 0.371. The van der Waals surface area contributed by atoms with Crippen LogP contribution in [0.15, 0.2) is 41.0 Å². The van der Waals surface area contributed by atoms with E-state index in [9.17, 15) is 18.4 Å². The second kappa shape index (κ2) is 8.91. The molecule has 0 atom stereocenters. The number of pyridine rings is 1. The Morgan fingerprint density at radius 2 is 1.93 bits per heavy atom. The van der Waals surface area contributed by atoms with Crippen molar-refractivity contribution < 1.29 is 13.6 Å². The summed E-state index contributed by atoms with van der Waals surface area (Å²) >= 11 is 6.07. The van der Waals surface area contributed by atoms with E-state index >= 15 is 0 Å². The van der Waals surface area contributed by atoms with E-state index in [4.69, 9.17) is 28.2 Å². The molecule has 0 fully saturated rings. The average Bonchev–Trinajstić information content (AvgIpc) is 2.64. The molecule has 0 aliphatic carbocycles. The molecule has 0 spiro atoms. The summed E-state index contributed by atoms with van der Waals surface area (Å²) in [6.45, 7) is -0.262. The summed E-state index contributed by atoms with van der Waals surface area (Å²) in [6, 6.07) is 3.18. The number of hydrogen-bond acceptors (Lipinski definition) is 6. The summed E-state index contributed by atoms with van der Waals surface area (Å²) in [5.74, 6) is -2.54. The van der Waals surface area contributed by atoms with Gasteiger partial charge in [0.05, 0.1) is 28.5 Å². The van der Waals surface area contributed by atoms with Gasteiger partial charge in [-0.15, -0.1) is 0 Å². The first-order valence-electron chi connectivity index (χ1n) is 7.70. The third-order valence-electron chi connectivity index (χ3n) is 3.49. The summed E-state index contributed by atoms with van der Waals surface area (Å²) in [6.07, 6.45) is 2.99. The van der Waals surface area contributed by atoms with Crippen LogP contribution in [-0.2, 0) is 4.79 Å². The van der Waals surface area contributed by atoms with Crippen molar-refractivity contribution >= 4 is 40.8 Å². The van der Waals surface area contributed by atoms with Gasteiger partial charge in [-0.1, -0.05) is 17.7 Å². The third-order valence-corrected chi connectivity index (χ3v) is 3.78. The van der Waals surface area contributed by atoms with Crippen LogP contribution in [0, 0.1) is 22.5 Å². The van der Waals surface area contributed by atoms with Gasteiger partial charge in [0.25, 0.3) is 5.56 Å². The van der Waals surface area contributed by atoms with Gasteiger partial charge in [-0.25, -0.2) is 8.78 Å². The van der Waals surface area contributed by atoms with Gasteiger partial charge in [-0.2, -0.15) is 0 Å². The molecule has 2 rings (SSSR count). The molecular weight excluding hydrogens is 394 g/mol. The third kappa shape index (κ3) is 4.60. The smallest absolute Gasteiger partial charge is 0.259 e. The highest BCUT2D eigenvalue weighted by Gasteiger charge is 2.21. The normalized spacial score (nSPS) is 11.0. The van der Waals surface area contributed by atoms with Crippen molar-refractivity contribution in [2.45, 2.75) is 0 Å². The first-order valence-corrected chi connectivity index (χ1v) is 8.08. The Bertz CT molecular complexity index is 1010. The van der Waals surface area contributed by atoms with E-state index in [0.29, 0.717) is 0 Å². The fourth-order valence-electron chi connectivity index (χ4n) is 2.20. The zero-order chi connectivity index (χ0) is 20.8. The molecule has 2 aromatic rings. The number of primary amides is 1. The maximum Gasteiger partial charge on any atom is 0.259 e. The molecular formula is C17H15ClF2N6O2. The Hall–Kier alpha value is -3.53. The lowest BCUT2D eigenvalue weighted by molar-refractivity contribution is -0.117. The molecule has 0 aliphatic rings. The number of aromatic nitrogens is 1. The Labute approximate surface area is 162 Å². The Kier molecular flexibility index (Phi) is 6.61. The largest absolute Gasteiger partial charge is 0.382 e. The van der Waals surface area contributed by atoms with Crippen LogP contribution in [0.2, 0.25) is 5.02 Å². The monoisotopic (exact) mass is 408 g/mol. The standard InChI is InChI=1S/C17H15ClF2N6O2/c18-9-6-25-17(28)13(14(23)8(4-21)5-24-7-12(22)27)15(9)26-16-10(19)2-1-3-11(16)20/h1-6,21,23-24H,7H2,(H2,22,27)(H2,25,26,28)/b8-5+,21-4?,23-14?. The number of amides is 1. The fraction of sp³-hybridized carbons (Fsp3) is 0.0588. The lowest BCUT2D eigenvalue weighted by Gasteiger charge is -2.15. The number of carbonyl (C=O) groups is 1. The van der Waals surface area contributed by atoms with E-state index in [1.165, 1.54) is 6.07 Å². The predicted octanol–water partition coefficient (Wildman–Crippen LogP) is 2.03. The molecule has 0 unspecified atom stereocenters. The number of nitrogens with two attached hydrogens (primary N) is 1. The highest BCUT2D eigenvalue weighted by atomic mass is 35.5. The molecule has 28 heavy (non-hydrogen) atoms. The Morgan fingerprint density at radius 1 is 1.29 bits per heavy atom. The van der Waals surface area contributed by atoms with Crippen molar-refractivity contribution in [2.24, 2.45) is 5.73 Å². The average molecular weight is 409 g/mol. The number of nitrogens with one attached hydrogen (secondary N) is 5. The van der Waals surface area contributed by atoms with E-state index in [1.54, 1.807) is 0 Å². The van der Waals surface area contributed by atoms with E-state index in [1.807, 2.05) is 0 Å². The van der Waals surface area contributed by atoms with Crippen LogP contribution in [0.25, 0.3) is 0 Å². The number of rotatable bonds is 8. The molecule has 0 saturated carbocycles. The van der Waals surface area contributed by atoms with Crippen LogP contribution >= 0.6 is 11.6 Å². The summed E-state index contributed by atoms with van der Waals surface area (Å²) in [5, 5.41) is 20.5. The highest BCUT2D eigenvalue weighted by Crippen LogP contribution is 2.30. The van der Waals surface area contributed by atoms with Gasteiger partial charge in [0.1, 0.15) is 17.3 Å². The van der Waals surface area contributed by atoms with Crippen LogP contribution in [0.3, 0.4) is 0 Å². The Balaban J connectivity index is 2.54. The van der Waals surface area contributed by atoms with Crippen LogP contribution in [0.5, 0.6) is 0 Å². The topological polar surface area (TPSA) is 148 Å². The molecule has 0 saturated heterocycles. The maximum absolute atomic E-state index is 14.0. The number of allylic oxidation sites excluding steroid dienone is 1. The molecule has 11 heteroatoms. The first-order chi connectivity index (χ1) is 13.3. The van der Waals surface area contributed by atoms with Crippen LogP contribution in [0.4, 0.5) is 20.2 Å². The zero-order valence-corrected chi connectivity index (χ0v) is 15.0. The first kappa shape index (κ1) is 20.8. The minimum Gasteiger partial charge on any atom is -0.382 e. The molecule has 146 valence electrons. The minimum atomic E-state index is -0.931. The minimum absolute atomic E-state index is 0.105. The molecule has 7 N–H and O–H groups in total. The summed E-state index contributed by atoms with van der Waals surface area (Å²) in [4.78, 5) is 25.4. The van der Waals surface area contributed by atoms with Crippen molar-refractivity contribution in [2.75, 3.05) is 11.9 Å². The number of benzene rings is 1. The lowest BCUT2D eigenvalue weighted by atomic mass is 10.0. The summed E-state index contributed by atoms with van der Waals surface area (Å²) in [7, 11) is 0. The van der Waals surface area contributed by atoms with Gasteiger partial charge in [0.2, 0.25) is 5.91 Å². The summed E-state index contributed by atoms with van der Waals surface area (Å²) < 4.78 is 28.0. The number of aromatic amines is 1. The molecule has 0 aliphatic heterocycles. The molecule has 8 nitrogen and oxygen atoms in total. The fourth-order valence-corrected chi connectivity index (χ4v) is 2.40. The number of para-hydroxylation sites is 1. The number of carbonyl (C=O) groups excluding carboxylic acids is 1. The van der Waals surface area contributed by atoms with Gasteiger partial charge < -0.3 is 26.8 Å².